The van der Waals surface area contributed by atoms with E-state index in [1.165, 1.54) is 106 Å². The third-order valence-corrected chi connectivity index (χ3v) is 13.5. The number of nitrogens with zero attached hydrogens (tertiary/aromatic N) is 1. The van der Waals surface area contributed by atoms with E-state index < -0.39 is 10.8 Å². The van der Waals surface area contributed by atoms with E-state index in [4.69, 9.17) is 0 Å². The lowest BCUT2D eigenvalue weighted by atomic mass is 9.64. The maximum Gasteiger partial charge on any atom is 0.0754 e. The molecule has 0 unspecified atom stereocenters. The highest BCUT2D eigenvalue weighted by Crippen LogP contribution is 2.67. The molecule has 3 aliphatic carbocycles. The lowest BCUT2D eigenvalue weighted by Crippen LogP contribution is -2.36. The van der Waals surface area contributed by atoms with Crippen molar-refractivity contribution in [2.45, 2.75) is 10.8 Å². The number of para-hydroxylation sites is 2. The summed E-state index contributed by atoms with van der Waals surface area (Å²) in [6.45, 7) is 0. The molecule has 0 aromatic heterocycles. The Bertz CT molecular complexity index is 3000. The average Bonchev–Trinajstić information content (AvgIpc) is 3.71. The largest absolute Gasteiger partial charge is 0.309 e. The molecule has 13 rings (SSSR count). The van der Waals surface area contributed by atoms with E-state index >= 15 is 0 Å². The molecule has 0 saturated heterocycles. The molecule has 9 aromatic rings. The molecule has 0 amide bonds. The Labute approximate surface area is 332 Å². The summed E-state index contributed by atoms with van der Waals surface area (Å²) >= 11 is 0. The van der Waals surface area contributed by atoms with Crippen LogP contribution in [0.5, 0.6) is 0 Å². The third-order valence-electron chi connectivity index (χ3n) is 13.5. The first-order chi connectivity index (χ1) is 28.3. The molecule has 0 fully saturated rings. The number of benzene rings is 9. The summed E-state index contributed by atoms with van der Waals surface area (Å²) in [4.78, 5) is 2.58. The molecule has 0 radical (unpaired) electrons. The summed E-state index contributed by atoms with van der Waals surface area (Å²) in [5.74, 6) is 0. The van der Waals surface area contributed by atoms with E-state index in [1.807, 2.05) is 0 Å². The number of rotatable bonds is 1. The maximum absolute atomic E-state index is 2.58. The zero-order valence-electron chi connectivity index (χ0n) is 31.2. The molecule has 57 heavy (non-hydrogen) atoms. The van der Waals surface area contributed by atoms with Crippen LogP contribution in [-0.2, 0) is 10.8 Å². The van der Waals surface area contributed by atoms with E-state index in [1.54, 1.807) is 0 Å². The van der Waals surface area contributed by atoms with Crippen molar-refractivity contribution in [1.82, 2.24) is 0 Å². The van der Waals surface area contributed by atoms with Crippen LogP contribution >= 0.6 is 0 Å². The maximum atomic E-state index is 2.58. The van der Waals surface area contributed by atoms with E-state index in [0.29, 0.717) is 0 Å². The van der Waals surface area contributed by atoms with Gasteiger partial charge < -0.3 is 4.90 Å². The average molecular weight is 722 g/mol. The number of anilines is 3. The highest BCUT2D eigenvalue weighted by atomic mass is 15.2. The van der Waals surface area contributed by atoms with Gasteiger partial charge in [-0.05, 0) is 102 Å². The van der Waals surface area contributed by atoms with Gasteiger partial charge in [0, 0.05) is 5.56 Å². The molecule has 1 heterocycles. The summed E-state index contributed by atoms with van der Waals surface area (Å²) in [6.07, 6.45) is 0. The monoisotopic (exact) mass is 721 g/mol. The Balaban J connectivity index is 1.15. The van der Waals surface area contributed by atoms with Crippen molar-refractivity contribution in [2.24, 2.45) is 0 Å². The normalized spacial score (nSPS) is 14.9. The molecule has 0 N–H and O–H groups in total. The van der Waals surface area contributed by atoms with Crippen LogP contribution in [-0.4, -0.2) is 0 Å². The number of fused-ring (bicyclic) bond motifs is 21. The van der Waals surface area contributed by atoms with Gasteiger partial charge in [0.2, 0.25) is 0 Å². The molecule has 4 aliphatic rings. The second-order valence-electron chi connectivity index (χ2n) is 15.8. The van der Waals surface area contributed by atoms with Crippen molar-refractivity contribution >= 4 is 17.1 Å². The summed E-state index contributed by atoms with van der Waals surface area (Å²) in [6, 6.07) is 80.1. The summed E-state index contributed by atoms with van der Waals surface area (Å²) in [5, 5.41) is 0. The molecule has 2 spiro atoms. The van der Waals surface area contributed by atoms with Gasteiger partial charge in [-0.2, -0.15) is 0 Å². The highest BCUT2D eigenvalue weighted by molar-refractivity contribution is 6.04. The molecule has 1 heteroatoms. The van der Waals surface area contributed by atoms with Gasteiger partial charge in [-0.25, -0.2) is 0 Å². The van der Waals surface area contributed by atoms with Crippen LogP contribution in [0.15, 0.2) is 212 Å². The molecule has 0 saturated carbocycles. The first-order valence-electron chi connectivity index (χ1n) is 20.0. The lowest BCUT2D eigenvalue weighted by molar-refractivity contribution is 0.752. The zero-order chi connectivity index (χ0) is 37.3. The van der Waals surface area contributed by atoms with E-state index in [-0.39, 0.29) is 0 Å². The molecule has 0 bridgehead atoms. The Hall–Kier alpha value is -7.22. The van der Waals surface area contributed by atoms with Crippen molar-refractivity contribution in [1.29, 1.82) is 0 Å². The predicted octanol–water partition coefficient (Wildman–Crippen LogP) is 13.8. The van der Waals surface area contributed by atoms with Crippen LogP contribution in [0.2, 0.25) is 0 Å². The minimum atomic E-state index is -0.548. The molecule has 9 aromatic carbocycles. The minimum absolute atomic E-state index is 0.459. The van der Waals surface area contributed by atoms with E-state index in [0.717, 1.165) is 0 Å². The van der Waals surface area contributed by atoms with Crippen molar-refractivity contribution in [2.75, 3.05) is 4.90 Å². The fraction of sp³-hybridized carbons (Fsp3) is 0.0357. The number of hydrogen-bond donors (Lipinski definition) is 0. The molecule has 1 aliphatic heterocycles. The van der Waals surface area contributed by atoms with Crippen molar-refractivity contribution < 1.29 is 0 Å². The smallest absolute Gasteiger partial charge is 0.0754 e. The van der Waals surface area contributed by atoms with Gasteiger partial charge in [0.05, 0.1) is 27.9 Å². The van der Waals surface area contributed by atoms with Gasteiger partial charge in [-0.3, -0.25) is 0 Å². The summed E-state index contributed by atoms with van der Waals surface area (Å²) in [5.41, 5.74) is 23.5. The van der Waals surface area contributed by atoms with E-state index in [9.17, 15) is 0 Å². The molecule has 0 atom stereocenters. The van der Waals surface area contributed by atoms with E-state index in [2.05, 4.69) is 217 Å². The summed E-state index contributed by atoms with van der Waals surface area (Å²) in [7, 11) is 0. The third kappa shape index (κ3) is 3.66. The van der Waals surface area contributed by atoms with Gasteiger partial charge in [-0.1, -0.05) is 194 Å². The fourth-order valence-electron chi connectivity index (χ4n) is 11.6. The molecular formula is C56H35N. The van der Waals surface area contributed by atoms with Crippen LogP contribution in [0, 0.1) is 0 Å². The van der Waals surface area contributed by atoms with Crippen LogP contribution in [0.25, 0.3) is 44.5 Å². The lowest BCUT2D eigenvalue weighted by Gasteiger charge is -2.45. The summed E-state index contributed by atoms with van der Waals surface area (Å²) < 4.78 is 0. The van der Waals surface area contributed by atoms with Gasteiger partial charge in [0.25, 0.3) is 0 Å². The van der Waals surface area contributed by atoms with Crippen molar-refractivity contribution in [3.8, 4) is 44.5 Å². The Morgan fingerprint density at radius 1 is 0.211 bits per heavy atom. The molecule has 264 valence electrons. The van der Waals surface area contributed by atoms with Gasteiger partial charge >= 0.3 is 0 Å². The second-order valence-corrected chi connectivity index (χ2v) is 15.8. The van der Waals surface area contributed by atoms with Crippen molar-refractivity contribution in [3.05, 3.63) is 257 Å². The zero-order valence-corrected chi connectivity index (χ0v) is 31.2. The Kier molecular flexibility index (Phi) is 6.09. The topological polar surface area (TPSA) is 3.24 Å². The molecule has 1 nitrogen and oxygen atoms in total. The molecular weight excluding hydrogens is 687 g/mol. The highest BCUT2D eigenvalue weighted by Gasteiger charge is 2.54. The van der Waals surface area contributed by atoms with Crippen LogP contribution in [0.3, 0.4) is 0 Å². The van der Waals surface area contributed by atoms with Crippen molar-refractivity contribution in [3.63, 3.8) is 0 Å². The predicted molar refractivity (Wildman–Crippen MR) is 234 cm³/mol. The van der Waals surface area contributed by atoms with Crippen LogP contribution < -0.4 is 4.90 Å². The SMILES string of the molecule is c1ccc2c(c1)-c1ccccc1C1(c3ccccc3-2)c2ccccc2-c2c(N3c4ccccc4C4(c5ccccc5-c5ccccc54)c4ccccc43)cccc21. The quantitative estimate of drug-likeness (QED) is 0.163. The standard InChI is InChI=1S/C56H35N/c1-2-19-37-36(18-1)38-20-3-8-25-43(38)55(44-26-9-4-21-39(37)44)47-29-12-7-24-42(47)54-50(55)32-17-35-53(54)57-51-33-15-13-30-48(51)56(49-31-14-16-34-52(49)57)45-27-10-5-22-40(45)41-23-6-11-28-46(41)56/h1-35H. The second kappa shape index (κ2) is 11.2. The minimum Gasteiger partial charge on any atom is -0.309 e. The first-order valence-corrected chi connectivity index (χ1v) is 20.0. The Morgan fingerprint density at radius 2 is 0.491 bits per heavy atom. The van der Waals surface area contributed by atoms with Gasteiger partial charge in [0.15, 0.2) is 0 Å². The Morgan fingerprint density at radius 3 is 0.947 bits per heavy atom. The first kappa shape index (κ1) is 31.0. The van der Waals surface area contributed by atoms with Gasteiger partial charge in [-0.15, -0.1) is 0 Å². The van der Waals surface area contributed by atoms with Gasteiger partial charge in [0.1, 0.15) is 0 Å². The number of hydrogen-bond acceptors (Lipinski definition) is 1. The fourth-order valence-corrected chi connectivity index (χ4v) is 11.6. The van der Waals surface area contributed by atoms with Crippen LogP contribution in [0.1, 0.15) is 44.5 Å². The van der Waals surface area contributed by atoms with Crippen LogP contribution in [0.4, 0.5) is 17.1 Å².